The van der Waals surface area contributed by atoms with Crippen LogP contribution in [0.2, 0.25) is 0 Å². The van der Waals surface area contributed by atoms with Gasteiger partial charge in [0.15, 0.2) is 0 Å². The molecule has 0 aliphatic heterocycles. The minimum atomic E-state index is -3.84. The van der Waals surface area contributed by atoms with E-state index in [4.69, 9.17) is 0 Å². The van der Waals surface area contributed by atoms with Crippen molar-refractivity contribution in [2.75, 3.05) is 11.9 Å². The van der Waals surface area contributed by atoms with Crippen LogP contribution in [0, 0.1) is 13.8 Å². The average molecular weight is 409 g/mol. The Labute approximate surface area is 172 Å². The lowest BCUT2D eigenvalue weighted by Gasteiger charge is -2.22. The van der Waals surface area contributed by atoms with E-state index in [-0.39, 0.29) is 23.9 Å². The van der Waals surface area contributed by atoms with E-state index in [1.807, 2.05) is 56.3 Å². The molecule has 0 heterocycles. The average Bonchev–Trinajstić information content (AvgIpc) is 2.70. The van der Waals surface area contributed by atoms with Gasteiger partial charge >= 0.3 is 0 Å². The Hall–Kier alpha value is -2.96. The maximum Gasteiger partial charge on any atom is 0.243 e. The SMILES string of the molecule is Cc1ccc(NC(=O)CN(Cc2ccccc2)S(=O)(=O)c2ccc(C)cc2)cc1. The predicted octanol–water partition coefficient (Wildman–Crippen LogP) is 4.13. The molecule has 0 spiro atoms. The third kappa shape index (κ3) is 5.53. The summed E-state index contributed by atoms with van der Waals surface area (Å²) < 4.78 is 27.7. The van der Waals surface area contributed by atoms with Gasteiger partial charge < -0.3 is 5.32 Å². The molecule has 0 radical (unpaired) electrons. The van der Waals surface area contributed by atoms with Crippen LogP contribution in [-0.2, 0) is 21.4 Å². The highest BCUT2D eigenvalue weighted by Crippen LogP contribution is 2.19. The van der Waals surface area contributed by atoms with Gasteiger partial charge in [0.05, 0.1) is 11.4 Å². The third-order valence-corrected chi connectivity index (χ3v) is 6.32. The van der Waals surface area contributed by atoms with E-state index >= 15 is 0 Å². The largest absolute Gasteiger partial charge is 0.325 e. The van der Waals surface area contributed by atoms with Crippen molar-refractivity contribution in [3.63, 3.8) is 0 Å². The minimum absolute atomic E-state index is 0.109. The summed E-state index contributed by atoms with van der Waals surface area (Å²) in [7, 11) is -3.84. The second-order valence-corrected chi connectivity index (χ2v) is 8.92. The number of benzene rings is 3. The summed E-state index contributed by atoms with van der Waals surface area (Å²) in [5, 5.41) is 2.77. The molecule has 3 aromatic carbocycles. The Morgan fingerprint density at radius 1 is 0.828 bits per heavy atom. The van der Waals surface area contributed by atoms with Crippen LogP contribution in [0.4, 0.5) is 5.69 Å². The first kappa shape index (κ1) is 20.8. The molecular formula is C23H24N2O3S. The fourth-order valence-corrected chi connectivity index (χ4v) is 4.25. The van der Waals surface area contributed by atoms with Crippen molar-refractivity contribution in [2.24, 2.45) is 0 Å². The number of aryl methyl sites for hydroxylation is 2. The zero-order valence-corrected chi connectivity index (χ0v) is 17.3. The van der Waals surface area contributed by atoms with Crippen molar-refractivity contribution < 1.29 is 13.2 Å². The Bertz CT molecular complexity index is 1060. The molecule has 0 aliphatic rings. The number of anilines is 1. The molecular weight excluding hydrogens is 384 g/mol. The topological polar surface area (TPSA) is 66.5 Å². The molecule has 29 heavy (non-hydrogen) atoms. The van der Waals surface area contributed by atoms with Crippen molar-refractivity contribution in [3.8, 4) is 0 Å². The number of amides is 1. The van der Waals surface area contributed by atoms with Crippen LogP contribution in [0.15, 0.2) is 83.8 Å². The molecule has 0 aromatic heterocycles. The van der Waals surface area contributed by atoms with E-state index in [0.29, 0.717) is 5.69 Å². The highest BCUT2D eigenvalue weighted by atomic mass is 32.2. The lowest BCUT2D eigenvalue weighted by Crippen LogP contribution is -2.37. The summed E-state index contributed by atoms with van der Waals surface area (Å²) in [5.41, 5.74) is 3.49. The molecule has 6 heteroatoms. The zero-order valence-electron chi connectivity index (χ0n) is 16.5. The number of nitrogens with one attached hydrogen (secondary N) is 1. The minimum Gasteiger partial charge on any atom is -0.325 e. The molecule has 1 amide bonds. The molecule has 3 aromatic rings. The van der Waals surface area contributed by atoms with Gasteiger partial charge in [-0.25, -0.2) is 8.42 Å². The highest BCUT2D eigenvalue weighted by Gasteiger charge is 2.27. The van der Waals surface area contributed by atoms with E-state index in [0.717, 1.165) is 16.7 Å². The van der Waals surface area contributed by atoms with Crippen molar-refractivity contribution in [3.05, 3.63) is 95.6 Å². The summed E-state index contributed by atoms with van der Waals surface area (Å²) in [4.78, 5) is 12.8. The van der Waals surface area contributed by atoms with Crippen LogP contribution in [0.3, 0.4) is 0 Å². The lowest BCUT2D eigenvalue weighted by atomic mass is 10.2. The molecule has 0 saturated carbocycles. The Balaban J connectivity index is 1.85. The predicted molar refractivity (Wildman–Crippen MR) is 115 cm³/mol. The molecule has 0 fully saturated rings. The molecule has 0 unspecified atom stereocenters. The van der Waals surface area contributed by atoms with Crippen molar-refractivity contribution in [1.82, 2.24) is 4.31 Å². The zero-order chi connectivity index (χ0) is 20.9. The fourth-order valence-electron chi connectivity index (χ4n) is 2.87. The highest BCUT2D eigenvalue weighted by molar-refractivity contribution is 7.89. The van der Waals surface area contributed by atoms with E-state index in [1.165, 1.54) is 4.31 Å². The van der Waals surface area contributed by atoms with Crippen LogP contribution in [0.5, 0.6) is 0 Å². The third-order valence-electron chi connectivity index (χ3n) is 4.52. The van der Waals surface area contributed by atoms with Crippen molar-refractivity contribution in [1.29, 1.82) is 0 Å². The second kappa shape index (κ2) is 9.03. The van der Waals surface area contributed by atoms with Gasteiger partial charge in [0.25, 0.3) is 0 Å². The maximum atomic E-state index is 13.2. The molecule has 150 valence electrons. The number of hydrogen-bond acceptors (Lipinski definition) is 3. The maximum absolute atomic E-state index is 13.2. The first-order chi connectivity index (χ1) is 13.8. The number of sulfonamides is 1. The van der Waals surface area contributed by atoms with Gasteiger partial charge in [-0.15, -0.1) is 0 Å². The molecule has 5 nitrogen and oxygen atoms in total. The van der Waals surface area contributed by atoms with Gasteiger partial charge in [-0.05, 0) is 43.7 Å². The number of carbonyl (C=O) groups excluding carboxylic acids is 1. The van der Waals surface area contributed by atoms with Crippen molar-refractivity contribution >= 4 is 21.6 Å². The summed E-state index contributed by atoms with van der Waals surface area (Å²) in [6, 6.07) is 23.3. The number of nitrogens with zero attached hydrogens (tertiary/aromatic N) is 1. The van der Waals surface area contributed by atoms with Gasteiger partial charge in [-0.3, -0.25) is 4.79 Å². The molecule has 0 aliphatic carbocycles. The lowest BCUT2D eigenvalue weighted by molar-refractivity contribution is -0.116. The monoisotopic (exact) mass is 408 g/mol. The first-order valence-electron chi connectivity index (χ1n) is 9.32. The van der Waals surface area contributed by atoms with Gasteiger partial charge in [-0.2, -0.15) is 4.31 Å². The van der Waals surface area contributed by atoms with Crippen LogP contribution >= 0.6 is 0 Å². The van der Waals surface area contributed by atoms with E-state index in [2.05, 4.69) is 5.32 Å². The van der Waals surface area contributed by atoms with E-state index < -0.39 is 10.0 Å². The Kier molecular flexibility index (Phi) is 6.46. The number of rotatable bonds is 7. The molecule has 0 saturated heterocycles. The second-order valence-electron chi connectivity index (χ2n) is 6.99. The molecule has 0 atom stereocenters. The summed E-state index contributed by atoms with van der Waals surface area (Å²) in [6.45, 7) is 3.69. The first-order valence-corrected chi connectivity index (χ1v) is 10.8. The standard InChI is InChI=1S/C23H24N2O3S/c1-18-8-12-21(13-9-18)24-23(26)17-25(16-20-6-4-3-5-7-20)29(27,28)22-14-10-19(2)11-15-22/h3-15H,16-17H2,1-2H3,(H,24,26). The normalized spacial score (nSPS) is 11.4. The summed E-state index contributed by atoms with van der Waals surface area (Å²) in [6.07, 6.45) is 0. The number of hydrogen-bond donors (Lipinski definition) is 1. The molecule has 0 bridgehead atoms. The van der Waals surface area contributed by atoms with E-state index in [1.54, 1.807) is 36.4 Å². The fraction of sp³-hybridized carbons (Fsp3) is 0.174. The van der Waals surface area contributed by atoms with E-state index in [9.17, 15) is 13.2 Å². The number of carbonyl (C=O) groups is 1. The molecule has 1 N–H and O–H groups in total. The summed E-state index contributed by atoms with van der Waals surface area (Å²) >= 11 is 0. The van der Waals surface area contributed by atoms with Crippen LogP contribution in [-0.4, -0.2) is 25.2 Å². The van der Waals surface area contributed by atoms with Crippen LogP contribution < -0.4 is 5.32 Å². The van der Waals surface area contributed by atoms with Crippen LogP contribution in [0.25, 0.3) is 0 Å². The van der Waals surface area contributed by atoms with Gasteiger partial charge in [0, 0.05) is 12.2 Å². The Morgan fingerprint density at radius 3 is 1.97 bits per heavy atom. The smallest absolute Gasteiger partial charge is 0.243 e. The quantitative estimate of drug-likeness (QED) is 0.639. The van der Waals surface area contributed by atoms with Crippen LogP contribution in [0.1, 0.15) is 16.7 Å². The van der Waals surface area contributed by atoms with Crippen molar-refractivity contribution in [2.45, 2.75) is 25.3 Å². The Morgan fingerprint density at radius 2 is 1.38 bits per heavy atom. The summed E-state index contributed by atoms with van der Waals surface area (Å²) in [5.74, 6) is -0.388. The van der Waals surface area contributed by atoms with Gasteiger partial charge in [0.2, 0.25) is 15.9 Å². The van der Waals surface area contributed by atoms with Gasteiger partial charge in [-0.1, -0.05) is 65.7 Å². The van der Waals surface area contributed by atoms with Gasteiger partial charge in [0.1, 0.15) is 0 Å². The molecule has 3 rings (SSSR count).